The molecule has 4 nitrogen and oxygen atoms in total. The normalized spacial score (nSPS) is 29.9. The Morgan fingerprint density at radius 2 is 2.12 bits per heavy atom. The van der Waals surface area contributed by atoms with Crippen molar-refractivity contribution in [3.63, 3.8) is 0 Å². The summed E-state index contributed by atoms with van der Waals surface area (Å²) in [7, 11) is 0. The molecular weight excluding hydrogens is 204 g/mol. The summed E-state index contributed by atoms with van der Waals surface area (Å²) in [4.78, 5) is 15.7. The monoisotopic (exact) mass is 220 g/mol. The Bertz CT molecular complexity index is 370. The second-order valence-corrected chi connectivity index (χ2v) is 4.44. The maximum absolute atomic E-state index is 11.5. The summed E-state index contributed by atoms with van der Waals surface area (Å²) < 4.78 is 0. The highest BCUT2D eigenvalue weighted by Crippen LogP contribution is 2.38. The van der Waals surface area contributed by atoms with Crippen molar-refractivity contribution in [2.75, 3.05) is 0 Å². The Balaban J connectivity index is 2.34. The van der Waals surface area contributed by atoms with Crippen LogP contribution in [0.3, 0.4) is 0 Å². The van der Waals surface area contributed by atoms with Gasteiger partial charge in [0.2, 0.25) is 0 Å². The number of carboxylic acids is 1. The first kappa shape index (κ1) is 11.1. The number of rotatable bonds is 2. The fourth-order valence-corrected chi connectivity index (χ4v) is 2.36. The third-order valence-corrected chi connectivity index (χ3v) is 3.45. The van der Waals surface area contributed by atoms with Crippen molar-refractivity contribution in [1.82, 2.24) is 4.98 Å². The average molecular weight is 220 g/mol. The lowest BCUT2D eigenvalue weighted by molar-refractivity contribution is -0.145. The van der Waals surface area contributed by atoms with E-state index in [-0.39, 0.29) is 6.04 Å². The molecule has 1 aromatic heterocycles. The number of hydrogen-bond donors (Lipinski definition) is 2. The van der Waals surface area contributed by atoms with Crippen LogP contribution in [-0.2, 0) is 10.2 Å². The summed E-state index contributed by atoms with van der Waals surface area (Å²) in [5.41, 5.74) is 5.66. The minimum Gasteiger partial charge on any atom is -0.481 e. The molecule has 3 N–H and O–H groups in total. The van der Waals surface area contributed by atoms with E-state index < -0.39 is 11.4 Å². The first-order chi connectivity index (χ1) is 7.65. The SMILES string of the molecule is NC1CCC(C(=O)O)(c2ccccn2)CC1. The molecule has 86 valence electrons. The third kappa shape index (κ3) is 1.80. The zero-order valence-corrected chi connectivity index (χ0v) is 9.10. The van der Waals surface area contributed by atoms with Gasteiger partial charge in [0.05, 0.1) is 5.69 Å². The first-order valence-electron chi connectivity index (χ1n) is 5.56. The summed E-state index contributed by atoms with van der Waals surface area (Å²) in [6.45, 7) is 0. The van der Waals surface area contributed by atoms with Crippen molar-refractivity contribution in [2.45, 2.75) is 37.1 Å². The van der Waals surface area contributed by atoms with Crippen molar-refractivity contribution in [3.8, 4) is 0 Å². The van der Waals surface area contributed by atoms with Crippen LogP contribution >= 0.6 is 0 Å². The molecule has 1 heterocycles. The van der Waals surface area contributed by atoms with Crippen LogP contribution in [0, 0.1) is 0 Å². The molecule has 0 bridgehead atoms. The quantitative estimate of drug-likeness (QED) is 0.787. The van der Waals surface area contributed by atoms with E-state index in [4.69, 9.17) is 5.73 Å². The molecule has 1 aliphatic carbocycles. The third-order valence-electron chi connectivity index (χ3n) is 3.45. The van der Waals surface area contributed by atoms with Gasteiger partial charge in [-0.1, -0.05) is 6.07 Å². The zero-order chi connectivity index (χ0) is 11.6. The minimum atomic E-state index is -0.822. The van der Waals surface area contributed by atoms with Gasteiger partial charge in [0.1, 0.15) is 5.41 Å². The van der Waals surface area contributed by atoms with E-state index in [1.807, 2.05) is 6.07 Å². The Hall–Kier alpha value is -1.42. The standard InChI is InChI=1S/C12H16N2O2/c13-9-4-6-12(7-5-9,11(15)16)10-3-1-2-8-14-10/h1-3,8-9H,4-7,13H2,(H,15,16). The molecule has 0 aliphatic heterocycles. The molecule has 1 aromatic rings. The molecule has 1 aliphatic rings. The number of nitrogens with zero attached hydrogens (tertiary/aromatic N) is 1. The number of hydrogen-bond acceptors (Lipinski definition) is 3. The predicted octanol–water partition coefficient (Wildman–Crippen LogP) is 1.31. The first-order valence-corrected chi connectivity index (χ1v) is 5.56. The molecule has 1 saturated carbocycles. The summed E-state index contributed by atoms with van der Waals surface area (Å²) in [6, 6.07) is 5.57. The van der Waals surface area contributed by atoms with E-state index in [2.05, 4.69) is 4.98 Å². The summed E-state index contributed by atoms with van der Waals surface area (Å²) >= 11 is 0. The number of carboxylic acid groups (broad SMARTS) is 1. The van der Waals surface area contributed by atoms with Crippen LogP contribution < -0.4 is 5.73 Å². The fourth-order valence-electron chi connectivity index (χ4n) is 2.36. The van der Waals surface area contributed by atoms with Gasteiger partial charge in [-0.05, 0) is 37.8 Å². The second kappa shape index (κ2) is 4.22. The van der Waals surface area contributed by atoms with E-state index >= 15 is 0 Å². The van der Waals surface area contributed by atoms with Gasteiger partial charge in [0, 0.05) is 12.2 Å². The van der Waals surface area contributed by atoms with Gasteiger partial charge >= 0.3 is 5.97 Å². The second-order valence-electron chi connectivity index (χ2n) is 4.44. The van der Waals surface area contributed by atoms with Gasteiger partial charge < -0.3 is 10.8 Å². The van der Waals surface area contributed by atoms with Crippen molar-refractivity contribution in [2.24, 2.45) is 5.73 Å². The topological polar surface area (TPSA) is 76.2 Å². The van der Waals surface area contributed by atoms with Gasteiger partial charge in [-0.3, -0.25) is 9.78 Å². The van der Waals surface area contributed by atoms with Crippen molar-refractivity contribution in [1.29, 1.82) is 0 Å². The Labute approximate surface area is 94.5 Å². The fraction of sp³-hybridized carbons (Fsp3) is 0.500. The summed E-state index contributed by atoms with van der Waals surface area (Å²) in [6.07, 6.45) is 4.32. The van der Waals surface area contributed by atoms with E-state index in [0.717, 1.165) is 12.8 Å². The molecule has 0 amide bonds. The highest BCUT2D eigenvalue weighted by atomic mass is 16.4. The molecule has 0 unspecified atom stereocenters. The van der Waals surface area contributed by atoms with Gasteiger partial charge in [-0.25, -0.2) is 0 Å². The molecule has 0 spiro atoms. The largest absolute Gasteiger partial charge is 0.481 e. The lowest BCUT2D eigenvalue weighted by atomic mass is 9.70. The van der Waals surface area contributed by atoms with Gasteiger partial charge in [-0.2, -0.15) is 0 Å². The summed E-state index contributed by atoms with van der Waals surface area (Å²) in [5, 5.41) is 9.45. The number of pyridine rings is 1. The van der Waals surface area contributed by atoms with Gasteiger partial charge in [0.15, 0.2) is 0 Å². The summed E-state index contributed by atoms with van der Waals surface area (Å²) in [5.74, 6) is -0.780. The maximum Gasteiger partial charge on any atom is 0.315 e. The molecule has 0 radical (unpaired) electrons. The van der Waals surface area contributed by atoms with Crippen LogP contribution in [-0.4, -0.2) is 22.1 Å². The zero-order valence-electron chi connectivity index (χ0n) is 9.10. The maximum atomic E-state index is 11.5. The number of carbonyl (C=O) groups is 1. The van der Waals surface area contributed by atoms with Crippen LogP contribution in [0.2, 0.25) is 0 Å². The number of aliphatic carboxylic acids is 1. The lowest BCUT2D eigenvalue weighted by Gasteiger charge is -2.35. The van der Waals surface area contributed by atoms with Crippen LogP contribution in [0.5, 0.6) is 0 Å². The molecular formula is C12H16N2O2. The molecule has 0 aromatic carbocycles. The van der Waals surface area contributed by atoms with E-state index in [1.54, 1.807) is 18.3 Å². The van der Waals surface area contributed by atoms with Gasteiger partial charge in [0.25, 0.3) is 0 Å². The molecule has 2 rings (SSSR count). The Morgan fingerprint density at radius 1 is 1.44 bits per heavy atom. The number of nitrogens with two attached hydrogens (primary N) is 1. The van der Waals surface area contributed by atoms with Crippen LogP contribution in [0.1, 0.15) is 31.4 Å². The van der Waals surface area contributed by atoms with Crippen molar-refractivity contribution < 1.29 is 9.90 Å². The predicted molar refractivity (Wildman–Crippen MR) is 60.0 cm³/mol. The Kier molecular flexibility index (Phi) is 2.92. The molecule has 4 heteroatoms. The van der Waals surface area contributed by atoms with Crippen LogP contribution in [0.4, 0.5) is 0 Å². The molecule has 0 atom stereocenters. The van der Waals surface area contributed by atoms with E-state index in [9.17, 15) is 9.90 Å². The highest BCUT2D eigenvalue weighted by Gasteiger charge is 2.43. The average Bonchev–Trinajstić information content (AvgIpc) is 2.31. The lowest BCUT2D eigenvalue weighted by Crippen LogP contribution is -2.43. The van der Waals surface area contributed by atoms with Crippen LogP contribution in [0.15, 0.2) is 24.4 Å². The van der Waals surface area contributed by atoms with E-state index in [1.165, 1.54) is 0 Å². The molecule has 1 fully saturated rings. The number of aromatic nitrogens is 1. The smallest absolute Gasteiger partial charge is 0.315 e. The van der Waals surface area contributed by atoms with E-state index in [0.29, 0.717) is 18.5 Å². The van der Waals surface area contributed by atoms with Crippen LogP contribution in [0.25, 0.3) is 0 Å². The molecule has 16 heavy (non-hydrogen) atoms. The van der Waals surface area contributed by atoms with Crippen molar-refractivity contribution in [3.05, 3.63) is 30.1 Å². The van der Waals surface area contributed by atoms with Crippen molar-refractivity contribution >= 4 is 5.97 Å². The Morgan fingerprint density at radius 3 is 2.62 bits per heavy atom. The molecule has 0 saturated heterocycles. The highest BCUT2D eigenvalue weighted by molar-refractivity contribution is 5.80. The van der Waals surface area contributed by atoms with Gasteiger partial charge in [-0.15, -0.1) is 0 Å². The minimum absolute atomic E-state index is 0.135.